The average Bonchev–Trinajstić information content (AvgIpc) is 3.12. The molecule has 186 valence electrons. The molecule has 0 spiro atoms. The molecule has 0 aromatic heterocycles. The lowest BCUT2D eigenvalue weighted by Crippen LogP contribution is -2.30. The van der Waals surface area contributed by atoms with Crippen LogP contribution in [0.2, 0.25) is 0 Å². The summed E-state index contributed by atoms with van der Waals surface area (Å²) >= 11 is 0. The van der Waals surface area contributed by atoms with E-state index in [-0.39, 0.29) is 22.4 Å². The van der Waals surface area contributed by atoms with Crippen LogP contribution in [0, 0.1) is 24.4 Å². The predicted octanol–water partition coefficient (Wildman–Crippen LogP) is 5.88. The second-order valence-electron chi connectivity index (χ2n) is 8.49. The van der Waals surface area contributed by atoms with Gasteiger partial charge in [-0.05, 0) is 74.4 Å². The molecule has 1 atom stereocenters. The number of carbonyl (C=O) groups excluding carboxylic acids is 2. The van der Waals surface area contributed by atoms with E-state index in [0.29, 0.717) is 11.6 Å². The van der Waals surface area contributed by atoms with Gasteiger partial charge in [-0.1, -0.05) is 12.1 Å². The number of ketones is 1. The molecule has 0 bridgehead atoms. The Morgan fingerprint density at radius 3 is 2.17 bits per heavy atom. The number of aryl methyl sites for hydroxylation is 1. The van der Waals surface area contributed by atoms with Crippen molar-refractivity contribution in [1.82, 2.24) is 0 Å². The molecule has 1 N–H and O–H groups in total. The van der Waals surface area contributed by atoms with Crippen LogP contribution in [0.3, 0.4) is 0 Å². The fraction of sp³-hybridized carbons (Fsp3) is 0.214. The van der Waals surface area contributed by atoms with Crippen molar-refractivity contribution in [3.05, 3.63) is 100 Å². The van der Waals surface area contributed by atoms with Crippen LogP contribution in [0.1, 0.15) is 36.6 Å². The van der Waals surface area contributed by atoms with Crippen LogP contribution >= 0.6 is 0 Å². The van der Waals surface area contributed by atoms with Crippen LogP contribution in [0.15, 0.2) is 66.2 Å². The van der Waals surface area contributed by atoms with Gasteiger partial charge in [0.15, 0.2) is 0 Å². The molecule has 1 heterocycles. The normalized spacial score (nSPS) is 17.1. The summed E-state index contributed by atoms with van der Waals surface area (Å²) in [4.78, 5) is 29.4. The number of rotatable bonds is 6. The van der Waals surface area contributed by atoms with Crippen molar-refractivity contribution in [2.24, 2.45) is 0 Å². The summed E-state index contributed by atoms with van der Waals surface area (Å²) in [5, 5.41) is 11.1. The Bertz CT molecular complexity index is 1360. The number of aliphatic hydroxyl groups is 1. The van der Waals surface area contributed by atoms with Gasteiger partial charge in [0.1, 0.15) is 23.2 Å². The van der Waals surface area contributed by atoms with Crippen molar-refractivity contribution >= 4 is 28.8 Å². The quantitative estimate of drug-likeness (QED) is 0.264. The Balaban J connectivity index is 1.93. The summed E-state index contributed by atoms with van der Waals surface area (Å²) in [6, 6.07) is 12.3. The maximum absolute atomic E-state index is 14.8. The van der Waals surface area contributed by atoms with Crippen LogP contribution in [0.4, 0.5) is 24.5 Å². The van der Waals surface area contributed by atoms with E-state index >= 15 is 0 Å². The first-order chi connectivity index (χ1) is 17.2. The summed E-state index contributed by atoms with van der Waals surface area (Å²) in [7, 11) is 0. The molecule has 0 radical (unpaired) electrons. The number of benzene rings is 3. The van der Waals surface area contributed by atoms with E-state index in [1.165, 1.54) is 19.1 Å². The number of hydrogen-bond acceptors (Lipinski definition) is 4. The van der Waals surface area contributed by atoms with Gasteiger partial charge in [0.2, 0.25) is 0 Å². The predicted molar refractivity (Wildman–Crippen MR) is 132 cm³/mol. The van der Waals surface area contributed by atoms with Gasteiger partial charge in [-0.2, -0.15) is 0 Å². The third-order valence-electron chi connectivity index (χ3n) is 6.38. The molecule has 1 fully saturated rings. The molecule has 3 aromatic carbocycles. The molecule has 1 saturated heterocycles. The molecule has 1 aliphatic heterocycles. The summed E-state index contributed by atoms with van der Waals surface area (Å²) in [6.45, 7) is 7.04. The monoisotopic (exact) mass is 494 g/mol. The number of nitrogens with zero attached hydrogens (tertiary/aromatic N) is 2. The van der Waals surface area contributed by atoms with Gasteiger partial charge in [0, 0.05) is 30.4 Å². The van der Waals surface area contributed by atoms with E-state index in [2.05, 4.69) is 4.90 Å². The summed E-state index contributed by atoms with van der Waals surface area (Å²) in [5.74, 6) is -4.98. The van der Waals surface area contributed by atoms with Crippen LogP contribution in [-0.2, 0) is 9.59 Å². The average molecular weight is 495 g/mol. The lowest BCUT2D eigenvalue weighted by molar-refractivity contribution is -0.132. The number of hydrogen-bond donors (Lipinski definition) is 1. The van der Waals surface area contributed by atoms with E-state index < -0.39 is 40.9 Å². The molecule has 1 unspecified atom stereocenters. The van der Waals surface area contributed by atoms with Crippen molar-refractivity contribution in [2.75, 3.05) is 22.9 Å². The maximum Gasteiger partial charge on any atom is 0.300 e. The Morgan fingerprint density at radius 2 is 1.58 bits per heavy atom. The second-order valence-corrected chi connectivity index (χ2v) is 8.49. The van der Waals surface area contributed by atoms with Crippen LogP contribution in [-0.4, -0.2) is 29.9 Å². The molecule has 5 nitrogen and oxygen atoms in total. The largest absolute Gasteiger partial charge is 0.507 e. The molecule has 1 amide bonds. The van der Waals surface area contributed by atoms with E-state index in [1.54, 1.807) is 12.1 Å². The highest BCUT2D eigenvalue weighted by atomic mass is 19.1. The van der Waals surface area contributed by atoms with Crippen molar-refractivity contribution in [3.63, 3.8) is 0 Å². The zero-order chi connectivity index (χ0) is 26.1. The minimum atomic E-state index is -1.19. The SMILES string of the molecule is CCN(CC)c1ccc(C2/C(=C(\O)c3ccc(F)c(C)c3)C(=O)C(=O)N2c2ccc(F)cc2F)cc1. The fourth-order valence-corrected chi connectivity index (χ4v) is 4.48. The molecule has 8 heteroatoms. The third kappa shape index (κ3) is 4.34. The van der Waals surface area contributed by atoms with Gasteiger partial charge in [-0.3, -0.25) is 14.5 Å². The molecule has 0 saturated carbocycles. The standard InChI is InChI=1S/C28H25F3N2O3/c1-4-32(5-2)20-10-6-17(7-11-20)25-24(26(34)18-8-12-21(30)16(3)14-18)27(35)28(36)33(25)23-13-9-19(29)15-22(23)31/h6-15,25,34H,4-5H2,1-3H3/b26-24+. The summed E-state index contributed by atoms with van der Waals surface area (Å²) in [5.41, 5.74) is 1.14. The molecular formula is C28H25F3N2O3. The van der Waals surface area contributed by atoms with E-state index in [9.17, 15) is 27.9 Å². The molecule has 1 aliphatic rings. The number of amides is 1. The Kier molecular flexibility index (Phi) is 6.88. The number of halogens is 3. The number of Topliss-reactive ketones (excluding diaryl/α,β-unsaturated/α-hetero) is 1. The van der Waals surface area contributed by atoms with Gasteiger partial charge in [0.25, 0.3) is 11.7 Å². The number of aliphatic hydroxyl groups excluding tert-OH is 1. The third-order valence-corrected chi connectivity index (χ3v) is 6.38. The highest BCUT2D eigenvalue weighted by Crippen LogP contribution is 2.43. The van der Waals surface area contributed by atoms with Crippen LogP contribution in [0.5, 0.6) is 0 Å². The fourth-order valence-electron chi connectivity index (χ4n) is 4.48. The van der Waals surface area contributed by atoms with Crippen molar-refractivity contribution in [3.8, 4) is 0 Å². The Morgan fingerprint density at radius 1 is 0.917 bits per heavy atom. The van der Waals surface area contributed by atoms with Gasteiger partial charge in [-0.25, -0.2) is 13.2 Å². The highest BCUT2D eigenvalue weighted by molar-refractivity contribution is 6.51. The van der Waals surface area contributed by atoms with Crippen molar-refractivity contribution < 1.29 is 27.9 Å². The van der Waals surface area contributed by atoms with Gasteiger partial charge < -0.3 is 10.0 Å². The Hall–Kier alpha value is -4.07. The van der Waals surface area contributed by atoms with Gasteiger partial charge in [0.05, 0.1) is 17.3 Å². The Labute approximate surface area is 207 Å². The van der Waals surface area contributed by atoms with E-state index in [4.69, 9.17) is 0 Å². The summed E-state index contributed by atoms with van der Waals surface area (Å²) in [6.07, 6.45) is 0. The summed E-state index contributed by atoms with van der Waals surface area (Å²) < 4.78 is 42.3. The van der Waals surface area contributed by atoms with E-state index in [0.717, 1.165) is 41.9 Å². The maximum atomic E-state index is 14.8. The lowest BCUT2D eigenvalue weighted by Gasteiger charge is -2.27. The lowest BCUT2D eigenvalue weighted by atomic mass is 9.94. The zero-order valence-corrected chi connectivity index (χ0v) is 20.1. The molecule has 4 rings (SSSR count). The molecule has 0 aliphatic carbocycles. The second kappa shape index (κ2) is 9.89. The first-order valence-electron chi connectivity index (χ1n) is 11.5. The number of carbonyl (C=O) groups is 2. The molecular weight excluding hydrogens is 469 g/mol. The molecule has 3 aromatic rings. The van der Waals surface area contributed by atoms with Gasteiger partial charge in [-0.15, -0.1) is 0 Å². The molecule has 36 heavy (non-hydrogen) atoms. The highest BCUT2D eigenvalue weighted by Gasteiger charge is 2.47. The van der Waals surface area contributed by atoms with Crippen LogP contribution in [0.25, 0.3) is 5.76 Å². The first kappa shape index (κ1) is 25.0. The first-order valence-corrected chi connectivity index (χ1v) is 11.5. The minimum absolute atomic E-state index is 0.135. The smallest absolute Gasteiger partial charge is 0.300 e. The number of anilines is 2. The van der Waals surface area contributed by atoms with Crippen molar-refractivity contribution in [2.45, 2.75) is 26.8 Å². The minimum Gasteiger partial charge on any atom is -0.507 e. The topological polar surface area (TPSA) is 60.9 Å². The van der Waals surface area contributed by atoms with Gasteiger partial charge >= 0.3 is 0 Å². The van der Waals surface area contributed by atoms with Crippen LogP contribution < -0.4 is 9.80 Å². The van der Waals surface area contributed by atoms with E-state index in [1.807, 2.05) is 26.0 Å². The van der Waals surface area contributed by atoms with Crippen molar-refractivity contribution in [1.29, 1.82) is 0 Å². The zero-order valence-electron chi connectivity index (χ0n) is 20.1.